The van der Waals surface area contributed by atoms with E-state index >= 15 is 0 Å². The van der Waals surface area contributed by atoms with Crippen molar-refractivity contribution in [3.63, 3.8) is 0 Å². The third kappa shape index (κ3) is 3.42. The van der Waals surface area contributed by atoms with Crippen LogP contribution in [0.5, 0.6) is 0 Å². The molecular formula is C12H10ClF6NO. The molecule has 0 saturated carbocycles. The first-order chi connectivity index (χ1) is 9.41. The molecule has 1 unspecified atom stereocenters. The first-order valence-electron chi connectivity index (χ1n) is 5.59. The van der Waals surface area contributed by atoms with E-state index in [0.717, 1.165) is 0 Å². The molecule has 1 aromatic carbocycles. The molecule has 0 aliphatic heterocycles. The van der Waals surface area contributed by atoms with Crippen molar-refractivity contribution >= 4 is 17.5 Å². The van der Waals surface area contributed by atoms with Gasteiger partial charge in [-0.1, -0.05) is 41.9 Å². The van der Waals surface area contributed by atoms with Gasteiger partial charge in [-0.2, -0.15) is 26.3 Å². The molecule has 2 nitrogen and oxygen atoms in total. The van der Waals surface area contributed by atoms with Gasteiger partial charge in [0.25, 0.3) is 5.91 Å². The predicted molar refractivity (Wildman–Crippen MR) is 63.7 cm³/mol. The van der Waals surface area contributed by atoms with Gasteiger partial charge in [0.1, 0.15) is 0 Å². The van der Waals surface area contributed by atoms with Crippen LogP contribution >= 0.6 is 11.6 Å². The fourth-order valence-electron chi connectivity index (χ4n) is 1.54. The third-order valence-corrected chi connectivity index (χ3v) is 3.34. The molecule has 0 aromatic heterocycles. The number of alkyl halides is 7. The van der Waals surface area contributed by atoms with Gasteiger partial charge >= 0.3 is 17.2 Å². The number of rotatable bonds is 3. The van der Waals surface area contributed by atoms with Crippen LogP contribution in [0.1, 0.15) is 18.5 Å². The minimum absolute atomic E-state index is 0.342. The van der Waals surface area contributed by atoms with E-state index in [1.54, 1.807) is 11.4 Å². The highest BCUT2D eigenvalue weighted by Gasteiger charge is 2.75. The zero-order chi connectivity index (χ0) is 16.5. The Hall–Kier alpha value is -1.44. The minimum Gasteiger partial charge on any atom is -0.347 e. The van der Waals surface area contributed by atoms with Crippen LogP contribution in [-0.2, 0) is 4.79 Å². The van der Waals surface area contributed by atoms with Gasteiger partial charge in [-0.3, -0.25) is 4.79 Å². The number of hydrogen-bond donors (Lipinski definition) is 1. The average Bonchev–Trinajstić information content (AvgIpc) is 2.35. The second-order valence-corrected chi connectivity index (χ2v) is 4.83. The topological polar surface area (TPSA) is 29.1 Å². The fraction of sp³-hybridized carbons (Fsp3) is 0.417. The number of carbonyl (C=O) groups is 1. The Balaban J connectivity index is 3.05. The zero-order valence-corrected chi connectivity index (χ0v) is 11.3. The maximum absolute atomic E-state index is 12.6. The summed E-state index contributed by atoms with van der Waals surface area (Å²) in [7, 11) is 0. The van der Waals surface area contributed by atoms with Gasteiger partial charge in [0.05, 0.1) is 6.04 Å². The van der Waals surface area contributed by atoms with Crippen LogP contribution in [0.25, 0.3) is 0 Å². The van der Waals surface area contributed by atoms with E-state index in [2.05, 4.69) is 11.6 Å². The van der Waals surface area contributed by atoms with Crippen molar-refractivity contribution in [1.82, 2.24) is 5.32 Å². The largest absolute Gasteiger partial charge is 0.425 e. The molecule has 1 amide bonds. The highest BCUT2D eigenvalue weighted by Crippen LogP contribution is 2.48. The molecule has 0 aliphatic rings. The van der Waals surface area contributed by atoms with Crippen LogP contribution in [0.15, 0.2) is 30.3 Å². The summed E-state index contributed by atoms with van der Waals surface area (Å²) in [6.45, 7) is 1.25. The van der Waals surface area contributed by atoms with Gasteiger partial charge in [0, 0.05) is 0 Å². The van der Waals surface area contributed by atoms with Crippen LogP contribution in [0.3, 0.4) is 0 Å². The Labute approximate surface area is 121 Å². The molecule has 1 aromatic rings. The van der Waals surface area contributed by atoms with Gasteiger partial charge in [-0.05, 0) is 12.5 Å². The van der Waals surface area contributed by atoms with E-state index in [9.17, 15) is 31.1 Å². The molecule has 118 valence electrons. The molecule has 9 heteroatoms. The smallest absolute Gasteiger partial charge is 0.347 e. The molecule has 1 atom stereocenters. The molecule has 0 radical (unpaired) electrons. The van der Waals surface area contributed by atoms with Crippen molar-refractivity contribution < 1.29 is 31.1 Å². The molecule has 0 bridgehead atoms. The third-order valence-electron chi connectivity index (χ3n) is 2.74. The summed E-state index contributed by atoms with van der Waals surface area (Å²) in [6.07, 6.45) is -12.0. The number of nitrogens with one attached hydrogen (secondary N) is 1. The summed E-state index contributed by atoms with van der Waals surface area (Å²) in [6, 6.07) is 6.49. The lowest BCUT2D eigenvalue weighted by Gasteiger charge is -2.31. The monoisotopic (exact) mass is 333 g/mol. The summed E-state index contributed by atoms with van der Waals surface area (Å²) in [5, 5.41) is 1.64. The fourth-order valence-corrected chi connectivity index (χ4v) is 1.59. The molecule has 21 heavy (non-hydrogen) atoms. The Bertz CT molecular complexity index is 485. The summed E-state index contributed by atoms with van der Waals surface area (Å²) < 4.78 is 75.5. The first kappa shape index (κ1) is 17.6. The molecule has 0 spiro atoms. The van der Waals surface area contributed by atoms with Crippen molar-refractivity contribution in [3.05, 3.63) is 35.9 Å². The highest BCUT2D eigenvalue weighted by molar-refractivity contribution is 6.36. The maximum Gasteiger partial charge on any atom is 0.425 e. The van der Waals surface area contributed by atoms with Crippen molar-refractivity contribution in [2.24, 2.45) is 0 Å². The van der Waals surface area contributed by atoms with Crippen LogP contribution in [0.4, 0.5) is 26.3 Å². The van der Waals surface area contributed by atoms with Crippen molar-refractivity contribution in [2.75, 3.05) is 0 Å². The van der Waals surface area contributed by atoms with Gasteiger partial charge < -0.3 is 5.32 Å². The standard InChI is InChI=1S/C12H10ClF6NO/c1-7(8-5-3-2-4-6-8)20-9(21)10(13,11(14,15)16)12(17,18)19/h2-7H,1H3,(H,20,21). The lowest BCUT2D eigenvalue weighted by atomic mass is 10.0. The molecule has 0 aliphatic carbocycles. The number of halogens is 7. The zero-order valence-electron chi connectivity index (χ0n) is 10.5. The van der Waals surface area contributed by atoms with Crippen molar-refractivity contribution in [2.45, 2.75) is 30.2 Å². The van der Waals surface area contributed by atoms with Gasteiger partial charge in [-0.25, -0.2) is 0 Å². The lowest BCUT2D eigenvalue weighted by molar-refractivity contribution is -0.260. The Morgan fingerprint density at radius 2 is 1.48 bits per heavy atom. The Kier molecular flexibility index (Phi) is 4.82. The van der Waals surface area contributed by atoms with E-state index in [4.69, 9.17) is 0 Å². The first-order valence-corrected chi connectivity index (χ1v) is 5.97. The van der Waals surface area contributed by atoms with Crippen LogP contribution in [-0.4, -0.2) is 23.1 Å². The van der Waals surface area contributed by atoms with Gasteiger partial charge in [0.2, 0.25) is 0 Å². The van der Waals surface area contributed by atoms with E-state index < -0.39 is 29.2 Å². The van der Waals surface area contributed by atoms with Crippen LogP contribution in [0, 0.1) is 0 Å². The maximum atomic E-state index is 12.6. The number of hydrogen-bond acceptors (Lipinski definition) is 1. The number of amides is 1. The molecule has 0 heterocycles. The lowest BCUT2D eigenvalue weighted by Crippen LogP contribution is -2.62. The summed E-state index contributed by atoms with van der Waals surface area (Å²) in [5.74, 6) is -2.36. The predicted octanol–water partition coefficient (Wildman–Crippen LogP) is 3.97. The van der Waals surface area contributed by atoms with Gasteiger partial charge in [0.15, 0.2) is 0 Å². The number of carbonyl (C=O) groups excluding carboxylic acids is 1. The van der Waals surface area contributed by atoms with Gasteiger partial charge in [-0.15, -0.1) is 0 Å². The quantitative estimate of drug-likeness (QED) is 0.658. The minimum atomic E-state index is -5.98. The van der Waals surface area contributed by atoms with E-state index in [0.29, 0.717) is 5.56 Å². The van der Waals surface area contributed by atoms with Crippen LogP contribution in [0.2, 0.25) is 0 Å². The molecule has 0 saturated heterocycles. The summed E-state index contributed by atoms with van der Waals surface area (Å²) >= 11 is 4.61. The molecule has 0 fully saturated rings. The Morgan fingerprint density at radius 3 is 1.86 bits per heavy atom. The molecular weight excluding hydrogens is 324 g/mol. The molecule has 1 N–H and O–H groups in total. The summed E-state index contributed by atoms with van der Waals surface area (Å²) in [4.78, 5) is 6.48. The Morgan fingerprint density at radius 1 is 1.05 bits per heavy atom. The van der Waals surface area contributed by atoms with E-state index in [1.165, 1.54) is 31.2 Å². The molecule has 1 rings (SSSR count). The SMILES string of the molecule is CC(NC(=O)C(Cl)(C(F)(F)F)C(F)(F)F)c1ccccc1. The van der Waals surface area contributed by atoms with E-state index in [1.807, 2.05) is 0 Å². The highest BCUT2D eigenvalue weighted by atomic mass is 35.5. The summed E-state index contributed by atoms with van der Waals surface area (Å²) in [5.41, 5.74) is 0.342. The van der Waals surface area contributed by atoms with Crippen molar-refractivity contribution in [1.29, 1.82) is 0 Å². The second kappa shape index (κ2) is 5.75. The van der Waals surface area contributed by atoms with Crippen molar-refractivity contribution in [3.8, 4) is 0 Å². The average molecular weight is 334 g/mol. The normalized spacial score (nSPS) is 14.7. The number of benzene rings is 1. The van der Waals surface area contributed by atoms with E-state index in [-0.39, 0.29) is 0 Å². The second-order valence-electron chi connectivity index (χ2n) is 4.26. The van der Waals surface area contributed by atoms with Crippen LogP contribution < -0.4 is 5.32 Å².